The third kappa shape index (κ3) is 48.7. The Bertz CT molecular complexity index is 1050. The van der Waals surface area contributed by atoms with E-state index in [-0.39, 0.29) is 31.1 Å². The fourth-order valence-electron chi connectivity index (χ4n) is 7.80. The Kier molecular flexibility index (Phi) is 49.3. The van der Waals surface area contributed by atoms with Crippen LogP contribution in [0.15, 0.2) is 36.5 Å². The minimum absolute atomic E-state index is 0.0769. The predicted molar refractivity (Wildman–Crippen MR) is 266 cm³/mol. The first-order chi connectivity index (χ1) is 30.5. The number of carbonyl (C=O) groups excluding carboxylic acids is 3. The highest BCUT2D eigenvalue weighted by atomic mass is 16.6. The number of allylic oxidation sites excluding steroid dienone is 6. The maximum Gasteiger partial charge on any atom is 0.306 e. The Morgan fingerprint density at radius 2 is 0.581 bits per heavy atom. The molecule has 0 amide bonds. The molecule has 62 heavy (non-hydrogen) atoms. The van der Waals surface area contributed by atoms with Gasteiger partial charge in [-0.05, 0) is 57.8 Å². The maximum absolute atomic E-state index is 12.8. The number of unbranched alkanes of at least 4 members (excludes halogenated alkanes) is 32. The van der Waals surface area contributed by atoms with Crippen molar-refractivity contribution in [3.63, 3.8) is 0 Å². The number of esters is 3. The van der Waals surface area contributed by atoms with Gasteiger partial charge in [-0.25, -0.2) is 0 Å². The van der Waals surface area contributed by atoms with Crippen LogP contribution in [-0.4, -0.2) is 37.2 Å². The van der Waals surface area contributed by atoms with Crippen molar-refractivity contribution in [2.45, 2.75) is 290 Å². The Labute approximate surface area is 385 Å². The molecule has 0 rings (SSSR count). The smallest absolute Gasteiger partial charge is 0.306 e. The van der Waals surface area contributed by atoms with E-state index >= 15 is 0 Å². The fraction of sp³-hybridized carbons (Fsp3) is 0.839. The average molecular weight is 871 g/mol. The highest BCUT2D eigenvalue weighted by molar-refractivity contribution is 5.71. The topological polar surface area (TPSA) is 78.9 Å². The normalized spacial score (nSPS) is 12.2. The van der Waals surface area contributed by atoms with Crippen LogP contribution in [0, 0.1) is 0 Å². The van der Waals surface area contributed by atoms with Crippen LogP contribution in [0.4, 0.5) is 0 Å². The van der Waals surface area contributed by atoms with Crippen molar-refractivity contribution in [1.82, 2.24) is 0 Å². The van der Waals surface area contributed by atoms with Crippen molar-refractivity contribution >= 4 is 17.9 Å². The lowest BCUT2D eigenvalue weighted by molar-refractivity contribution is -0.167. The molecule has 0 N–H and O–H groups in total. The Morgan fingerprint density at radius 3 is 0.935 bits per heavy atom. The molecule has 0 aromatic rings. The number of hydrogen-bond donors (Lipinski definition) is 0. The largest absolute Gasteiger partial charge is 0.462 e. The Morgan fingerprint density at radius 1 is 0.323 bits per heavy atom. The molecule has 1 atom stereocenters. The molecule has 0 bridgehead atoms. The lowest BCUT2D eigenvalue weighted by atomic mass is 10.0. The maximum atomic E-state index is 12.8. The van der Waals surface area contributed by atoms with Crippen LogP contribution < -0.4 is 0 Å². The number of ether oxygens (including phenoxy) is 3. The minimum atomic E-state index is -0.778. The quantitative estimate of drug-likeness (QED) is 0.0262. The zero-order valence-electron chi connectivity index (χ0n) is 41.4. The van der Waals surface area contributed by atoms with E-state index < -0.39 is 6.10 Å². The molecular formula is C56H102O6. The first-order valence-electron chi connectivity index (χ1n) is 27.0. The molecule has 0 aliphatic rings. The molecule has 0 heterocycles. The third-order valence-corrected chi connectivity index (χ3v) is 11.9. The third-order valence-electron chi connectivity index (χ3n) is 11.9. The molecule has 6 heteroatoms. The van der Waals surface area contributed by atoms with Gasteiger partial charge >= 0.3 is 17.9 Å². The van der Waals surface area contributed by atoms with Gasteiger partial charge in [-0.15, -0.1) is 0 Å². The van der Waals surface area contributed by atoms with E-state index in [1.165, 1.54) is 161 Å². The second-order valence-electron chi connectivity index (χ2n) is 18.2. The van der Waals surface area contributed by atoms with Crippen LogP contribution in [0.3, 0.4) is 0 Å². The lowest BCUT2D eigenvalue weighted by Crippen LogP contribution is -2.30. The van der Waals surface area contributed by atoms with Crippen molar-refractivity contribution < 1.29 is 28.6 Å². The van der Waals surface area contributed by atoms with Crippen LogP contribution in [0.5, 0.6) is 0 Å². The van der Waals surface area contributed by atoms with Gasteiger partial charge in [0.1, 0.15) is 13.2 Å². The van der Waals surface area contributed by atoms with E-state index in [0.29, 0.717) is 19.3 Å². The zero-order valence-corrected chi connectivity index (χ0v) is 41.4. The zero-order chi connectivity index (χ0) is 45.1. The monoisotopic (exact) mass is 871 g/mol. The number of carbonyl (C=O) groups is 3. The van der Waals surface area contributed by atoms with Crippen molar-refractivity contribution in [2.75, 3.05) is 13.2 Å². The average Bonchev–Trinajstić information content (AvgIpc) is 3.27. The van der Waals surface area contributed by atoms with Crippen molar-refractivity contribution in [3.8, 4) is 0 Å². The van der Waals surface area contributed by atoms with Gasteiger partial charge in [-0.2, -0.15) is 0 Å². The van der Waals surface area contributed by atoms with Gasteiger partial charge < -0.3 is 14.2 Å². The van der Waals surface area contributed by atoms with Crippen LogP contribution >= 0.6 is 0 Å². The fourth-order valence-corrected chi connectivity index (χ4v) is 7.80. The first-order valence-corrected chi connectivity index (χ1v) is 27.0. The van der Waals surface area contributed by atoms with Crippen molar-refractivity contribution in [3.05, 3.63) is 36.5 Å². The molecule has 0 aromatic carbocycles. The summed E-state index contributed by atoms with van der Waals surface area (Å²) in [5.41, 5.74) is 0. The summed E-state index contributed by atoms with van der Waals surface area (Å²) in [6.07, 6.45) is 59.8. The van der Waals surface area contributed by atoms with Crippen LogP contribution in [0.2, 0.25) is 0 Å². The van der Waals surface area contributed by atoms with E-state index in [4.69, 9.17) is 14.2 Å². The molecule has 0 saturated carbocycles. The van der Waals surface area contributed by atoms with Crippen molar-refractivity contribution in [1.29, 1.82) is 0 Å². The molecule has 0 aliphatic heterocycles. The summed E-state index contributed by atoms with van der Waals surface area (Å²) in [6, 6.07) is 0. The summed E-state index contributed by atoms with van der Waals surface area (Å²) < 4.78 is 16.8. The SMILES string of the molecule is CCCCC/C=C\C/C=C\C/C=C\CCCCCCC(=O)O[C@@H](COC(=O)CCCCCCCCCCCCCC)COC(=O)CCCCCCCCCCCCCCCCC. The summed E-state index contributed by atoms with van der Waals surface area (Å²) in [6.45, 7) is 6.62. The summed E-state index contributed by atoms with van der Waals surface area (Å²) in [5.74, 6) is -0.885. The van der Waals surface area contributed by atoms with Gasteiger partial charge in [0, 0.05) is 19.3 Å². The molecule has 6 nitrogen and oxygen atoms in total. The molecule has 0 spiro atoms. The van der Waals surface area contributed by atoms with E-state index in [1.54, 1.807) is 0 Å². The van der Waals surface area contributed by atoms with E-state index in [0.717, 1.165) is 83.5 Å². The predicted octanol–water partition coefficient (Wildman–Crippen LogP) is 17.7. The van der Waals surface area contributed by atoms with Crippen molar-refractivity contribution in [2.24, 2.45) is 0 Å². The van der Waals surface area contributed by atoms with Gasteiger partial charge in [0.15, 0.2) is 6.10 Å². The molecular weight excluding hydrogens is 769 g/mol. The van der Waals surface area contributed by atoms with Gasteiger partial charge in [-0.3, -0.25) is 14.4 Å². The molecule has 362 valence electrons. The summed E-state index contributed by atoms with van der Waals surface area (Å²) in [5, 5.41) is 0. The van der Waals surface area contributed by atoms with Gasteiger partial charge in [0.25, 0.3) is 0 Å². The highest BCUT2D eigenvalue weighted by Gasteiger charge is 2.19. The van der Waals surface area contributed by atoms with Crippen LogP contribution in [0.1, 0.15) is 284 Å². The minimum Gasteiger partial charge on any atom is -0.462 e. The van der Waals surface area contributed by atoms with Gasteiger partial charge in [0.05, 0.1) is 0 Å². The van der Waals surface area contributed by atoms with E-state index in [1.807, 2.05) is 0 Å². The molecule has 0 saturated heterocycles. The Balaban J connectivity index is 4.38. The van der Waals surface area contributed by atoms with E-state index in [9.17, 15) is 14.4 Å². The van der Waals surface area contributed by atoms with Crippen LogP contribution in [0.25, 0.3) is 0 Å². The highest BCUT2D eigenvalue weighted by Crippen LogP contribution is 2.16. The molecule has 0 fully saturated rings. The number of rotatable bonds is 49. The second-order valence-corrected chi connectivity index (χ2v) is 18.2. The lowest BCUT2D eigenvalue weighted by Gasteiger charge is -2.18. The Hall–Kier alpha value is -2.37. The van der Waals surface area contributed by atoms with E-state index in [2.05, 4.69) is 57.2 Å². The summed E-state index contributed by atoms with van der Waals surface area (Å²) in [7, 11) is 0. The molecule has 0 aliphatic carbocycles. The molecule has 0 unspecified atom stereocenters. The molecule has 0 aromatic heterocycles. The van der Waals surface area contributed by atoms with Crippen LogP contribution in [-0.2, 0) is 28.6 Å². The van der Waals surface area contributed by atoms with Gasteiger partial charge in [-0.1, -0.05) is 243 Å². The molecule has 0 radical (unpaired) electrons. The summed E-state index contributed by atoms with van der Waals surface area (Å²) in [4.78, 5) is 38.0. The second kappa shape index (κ2) is 51.3. The standard InChI is InChI=1S/C56H102O6/c1-4-7-10-13-16-19-22-25-27-28-30-32-35-38-41-44-47-50-56(59)62-53(51-60-54(57)48-45-42-39-36-33-24-21-18-15-12-9-6-3)52-61-55(58)49-46-43-40-37-34-31-29-26-23-20-17-14-11-8-5-2/h16,19,25,27,30,32,53H,4-15,17-18,20-24,26,28-29,31,33-52H2,1-3H3/b19-16-,27-25-,32-30-/t53-/m0/s1. The first kappa shape index (κ1) is 59.6. The summed E-state index contributed by atoms with van der Waals surface area (Å²) >= 11 is 0. The number of hydrogen-bond acceptors (Lipinski definition) is 6. The van der Waals surface area contributed by atoms with Gasteiger partial charge in [0.2, 0.25) is 0 Å².